The molecule has 1 N–H and O–H groups in total. The predicted octanol–water partition coefficient (Wildman–Crippen LogP) is 4.56. The molecule has 0 radical (unpaired) electrons. The zero-order valence-electron chi connectivity index (χ0n) is 22.8. The van der Waals surface area contributed by atoms with Crippen LogP contribution in [0.2, 0.25) is 0 Å². The number of hydrogen-bond acceptors (Lipinski definition) is 7. The summed E-state index contributed by atoms with van der Waals surface area (Å²) in [6.07, 6.45) is 5.57. The number of likely N-dealkylation sites (N-methyl/N-ethyl adjacent to an activating group) is 1. The van der Waals surface area contributed by atoms with E-state index in [0.29, 0.717) is 12.5 Å². The van der Waals surface area contributed by atoms with Crippen LogP contribution in [0.4, 0.5) is 0 Å². The van der Waals surface area contributed by atoms with Crippen LogP contribution >= 0.6 is 11.3 Å². The van der Waals surface area contributed by atoms with E-state index in [1.54, 1.807) is 17.7 Å². The second kappa shape index (κ2) is 9.98. The fraction of sp³-hybridized carbons (Fsp3) is 0.519. The number of thiazole rings is 1. The number of nitrogens with one attached hydrogen (secondary N) is 1. The third-order valence-corrected chi connectivity index (χ3v) is 8.82. The normalized spacial score (nSPS) is 15.0. The molecule has 0 atom stereocenters. The number of H-pyrrole nitrogens is 1. The van der Waals surface area contributed by atoms with Gasteiger partial charge in [0.25, 0.3) is 0 Å². The Morgan fingerprint density at radius 3 is 2.59 bits per heavy atom. The molecule has 1 amide bonds. The van der Waals surface area contributed by atoms with E-state index in [1.807, 2.05) is 34.6 Å². The Labute approximate surface area is 221 Å². The van der Waals surface area contributed by atoms with Crippen molar-refractivity contribution in [1.29, 1.82) is 0 Å². The van der Waals surface area contributed by atoms with Gasteiger partial charge in [-0.25, -0.2) is 14.5 Å². The molecule has 37 heavy (non-hydrogen) atoms. The molecule has 4 aromatic heterocycles. The standard InChI is InChI=1S/C27H36N8OS/c1-15(2)22-23(20-12-35-26(28-14-29-35)17(4)16(20)3)31-32-24(22)27-30-18(5)25(37-27)19-8-10-34(11-9-19)21(36)13-33(6)7/h12,14-15,19H,8-11,13H2,1-7H3,(H,31,32). The zero-order valence-corrected chi connectivity index (χ0v) is 23.6. The number of aromatic amines is 1. The molecule has 0 unspecified atom stereocenters. The van der Waals surface area contributed by atoms with Gasteiger partial charge in [0.05, 0.1) is 23.6 Å². The lowest BCUT2D eigenvalue weighted by Gasteiger charge is -2.32. The molecular formula is C27H36N8OS. The van der Waals surface area contributed by atoms with Gasteiger partial charge in [-0.1, -0.05) is 13.8 Å². The van der Waals surface area contributed by atoms with Crippen LogP contribution in [-0.4, -0.2) is 79.2 Å². The highest BCUT2D eigenvalue weighted by Gasteiger charge is 2.29. The molecule has 1 fully saturated rings. The lowest BCUT2D eigenvalue weighted by atomic mass is 9.94. The number of rotatable bonds is 6. The molecule has 1 aliphatic rings. The van der Waals surface area contributed by atoms with E-state index >= 15 is 0 Å². The van der Waals surface area contributed by atoms with E-state index in [0.717, 1.165) is 70.4 Å². The fourth-order valence-electron chi connectivity index (χ4n) is 5.38. The molecule has 0 saturated carbocycles. The Balaban J connectivity index is 1.45. The molecule has 4 aromatic rings. The van der Waals surface area contributed by atoms with Crippen molar-refractivity contribution in [3.05, 3.63) is 39.8 Å². The first-order valence-corrected chi connectivity index (χ1v) is 13.8. The maximum absolute atomic E-state index is 12.5. The van der Waals surface area contributed by atoms with Gasteiger partial charge in [0.2, 0.25) is 5.91 Å². The molecule has 0 spiro atoms. The summed E-state index contributed by atoms with van der Waals surface area (Å²) in [6, 6.07) is 0. The molecule has 5 rings (SSSR count). The van der Waals surface area contributed by atoms with Crippen molar-refractivity contribution in [1.82, 2.24) is 39.6 Å². The predicted molar refractivity (Wildman–Crippen MR) is 147 cm³/mol. The lowest BCUT2D eigenvalue weighted by Crippen LogP contribution is -2.42. The van der Waals surface area contributed by atoms with Crippen LogP contribution in [0.5, 0.6) is 0 Å². The number of nitrogens with zero attached hydrogens (tertiary/aromatic N) is 7. The third kappa shape index (κ3) is 4.68. The van der Waals surface area contributed by atoms with E-state index in [9.17, 15) is 4.79 Å². The summed E-state index contributed by atoms with van der Waals surface area (Å²) in [6.45, 7) is 12.8. The lowest BCUT2D eigenvalue weighted by molar-refractivity contribution is -0.132. The topological polar surface area (TPSA) is 95.3 Å². The number of hydrogen-bond donors (Lipinski definition) is 1. The Bertz CT molecular complexity index is 1440. The molecule has 1 saturated heterocycles. The molecule has 0 aromatic carbocycles. The van der Waals surface area contributed by atoms with E-state index in [2.05, 4.69) is 49.8 Å². The second-order valence-electron chi connectivity index (χ2n) is 10.7. The largest absolute Gasteiger partial charge is 0.342 e. The first kappa shape index (κ1) is 25.5. The van der Waals surface area contributed by atoms with E-state index in [4.69, 9.17) is 10.1 Å². The number of fused-ring (bicyclic) bond motifs is 1. The molecule has 0 bridgehead atoms. The van der Waals surface area contributed by atoms with E-state index < -0.39 is 0 Å². The van der Waals surface area contributed by atoms with Crippen LogP contribution in [0.15, 0.2) is 12.5 Å². The minimum Gasteiger partial charge on any atom is -0.342 e. The number of amides is 1. The average Bonchev–Trinajstić information content (AvgIpc) is 3.59. The molecule has 196 valence electrons. The van der Waals surface area contributed by atoms with Gasteiger partial charge in [-0.05, 0) is 70.7 Å². The van der Waals surface area contributed by atoms with Gasteiger partial charge in [-0.2, -0.15) is 10.2 Å². The van der Waals surface area contributed by atoms with Crippen molar-refractivity contribution in [3.63, 3.8) is 0 Å². The molecule has 0 aliphatic carbocycles. The number of carbonyl (C=O) groups is 1. The summed E-state index contributed by atoms with van der Waals surface area (Å²) in [5.74, 6) is 0.902. The van der Waals surface area contributed by atoms with Gasteiger partial charge < -0.3 is 9.80 Å². The first-order valence-electron chi connectivity index (χ1n) is 12.9. The summed E-state index contributed by atoms with van der Waals surface area (Å²) in [5.41, 5.74) is 8.40. The quantitative estimate of drug-likeness (QED) is 0.401. The summed E-state index contributed by atoms with van der Waals surface area (Å²) in [7, 11) is 3.88. The Kier molecular flexibility index (Phi) is 6.89. The van der Waals surface area contributed by atoms with E-state index in [-0.39, 0.29) is 11.8 Å². The van der Waals surface area contributed by atoms with Crippen molar-refractivity contribution in [2.45, 2.75) is 59.3 Å². The van der Waals surface area contributed by atoms with E-state index in [1.165, 1.54) is 10.4 Å². The highest BCUT2D eigenvalue weighted by atomic mass is 32.1. The Morgan fingerprint density at radius 1 is 1.19 bits per heavy atom. The zero-order chi connectivity index (χ0) is 26.4. The molecule has 9 nitrogen and oxygen atoms in total. The molecule has 5 heterocycles. The summed E-state index contributed by atoms with van der Waals surface area (Å²) < 4.78 is 1.83. The Hall–Kier alpha value is -3.11. The third-order valence-electron chi connectivity index (χ3n) is 7.48. The summed E-state index contributed by atoms with van der Waals surface area (Å²) in [4.78, 5) is 27.2. The van der Waals surface area contributed by atoms with Crippen LogP contribution in [0.1, 0.15) is 65.8 Å². The number of piperidine rings is 1. The SMILES string of the molecule is Cc1nc(-c2[nH]nc(-c3cn4ncnc4c(C)c3C)c2C(C)C)sc1C1CCN(C(=O)CN(C)C)CC1. The van der Waals surface area contributed by atoms with Crippen LogP contribution in [-0.2, 0) is 4.79 Å². The average molecular weight is 521 g/mol. The molecule has 10 heteroatoms. The van der Waals surface area contributed by atoms with Crippen molar-refractivity contribution in [3.8, 4) is 22.0 Å². The van der Waals surface area contributed by atoms with Gasteiger partial charge >= 0.3 is 0 Å². The van der Waals surface area contributed by atoms with Gasteiger partial charge in [0.15, 0.2) is 5.65 Å². The highest BCUT2D eigenvalue weighted by Crippen LogP contribution is 2.42. The van der Waals surface area contributed by atoms with Gasteiger partial charge in [0.1, 0.15) is 11.3 Å². The maximum atomic E-state index is 12.5. The number of aryl methyl sites for hydroxylation is 2. The smallest absolute Gasteiger partial charge is 0.236 e. The number of aromatic nitrogens is 6. The maximum Gasteiger partial charge on any atom is 0.236 e. The van der Waals surface area contributed by atoms with Crippen LogP contribution < -0.4 is 0 Å². The van der Waals surface area contributed by atoms with Crippen molar-refractivity contribution >= 4 is 22.9 Å². The summed E-state index contributed by atoms with van der Waals surface area (Å²) >= 11 is 1.77. The monoisotopic (exact) mass is 520 g/mol. The molecular weight excluding hydrogens is 484 g/mol. The van der Waals surface area contributed by atoms with Crippen LogP contribution in [0.25, 0.3) is 27.6 Å². The first-order chi connectivity index (χ1) is 17.7. The minimum atomic E-state index is 0.214. The van der Waals surface area contributed by atoms with Crippen molar-refractivity contribution < 1.29 is 4.79 Å². The van der Waals surface area contributed by atoms with Gasteiger partial charge in [-0.15, -0.1) is 11.3 Å². The second-order valence-corrected chi connectivity index (χ2v) is 11.7. The van der Waals surface area contributed by atoms with Crippen molar-refractivity contribution in [2.75, 3.05) is 33.7 Å². The van der Waals surface area contributed by atoms with Gasteiger partial charge in [0, 0.05) is 35.3 Å². The highest BCUT2D eigenvalue weighted by molar-refractivity contribution is 7.15. The Morgan fingerprint density at radius 2 is 1.92 bits per heavy atom. The fourth-order valence-corrected chi connectivity index (χ4v) is 6.62. The number of likely N-dealkylation sites (tertiary alicyclic amines) is 1. The van der Waals surface area contributed by atoms with Crippen LogP contribution in [0, 0.1) is 20.8 Å². The van der Waals surface area contributed by atoms with Gasteiger partial charge in [-0.3, -0.25) is 9.89 Å². The summed E-state index contributed by atoms with van der Waals surface area (Å²) in [5, 5.41) is 13.5. The van der Waals surface area contributed by atoms with Crippen LogP contribution in [0.3, 0.4) is 0 Å². The number of pyridine rings is 1. The van der Waals surface area contributed by atoms with Crippen molar-refractivity contribution in [2.24, 2.45) is 0 Å². The minimum absolute atomic E-state index is 0.214. The molecule has 1 aliphatic heterocycles. The number of carbonyl (C=O) groups excluding carboxylic acids is 1.